The van der Waals surface area contributed by atoms with Crippen LogP contribution in [0.2, 0.25) is 5.02 Å². The summed E-state index contributed by atoms with van der Waals surface area (Å²) in [5, 5.41) is 20.9. The molecular formula is C60H81Br2ClFN5O14. The number of epoxide rings is 1. The number of ketones is 2. The molecule has 0 spiro atoms. The Morgan fingerprint density at radius 3 is 2.39 bits per heavy atom. The number of allylic oxidation sites excluding steroid dienone is 3. The summed E-state index contributed by atoms with van der Waals surface area (Å²) in [6.45, 7) is 12.7. The Hall–Kier alpha value is -5.26. The summed E-state index contributed by atoms with van der Waals surface area (Å²) < 4.78 is 45.4. The number of nitrogens with zero attached hydrogens (tertiary/aromatic N) is 1. The van der Waals surface area contributed by atoms with Crippen molar-refractivity contribution in [2.45, 2.75) is 173 Å². The van der Waals surface area contributed by atoms with E-state index < -0.39 is 101 Å². The molecule has 6 N–H and O–H groups in total. The summed E-state index contributed by atoms with van der Waals surface area (Å²) in [4.78, 5) is 108. The maximum atomic E-state index is 16.1. The fourth-order valence-corrected chi connectivity index (χ4v) is 12.5. The number of benzene rings is 2. The Morgan fingerprint density at radius 1 is 1.02 bits per heavy atom. The number of rotatable bonds is 24. The highest BCUT2D eigenvalue weighted by Crippen LogP contribution is 2.50. The minimum atomic E-state index is -1.66. The van der Waals surface area contributed by atoms with Gasteiger partial charge in [0.1, 0.15) is 41.1 Å². The van der Waals surface area contributed by atoms with E-state index in [4.69, 9.17) is 41.0 Å². The molecule has 19 nitrogen and oxygen atoms in total. The molecule has 2 saturated heterocycles. The topological polar surface area (TPSA) is 272 Å². The van der Waals surface area contributed by atoms with Gasteiger partial charge in [-0.3, -0.25) is 34.1 Å². The number of anilines is 2. The zero-order valence-electron chi connectivity index (χ0n) is 48.8. The van der Waals surface area contributed by atoms with E-state index in [1.807, 2.05) is 26.0 Å². The van der Waals surface area contributed by atoms with Crippen LogP contribution >= 0.6 is 43.5 Å². The van der Waals surface area contributed by atoms with Gasteiger partial charge in [0.15, 0.2) is 5.78 Å². The Morgan fingerprint density at radius 2 is 1.73 bits per heavy atom. The molecule has 0 aliphatic carbocycles. The molecular weight excluding hydrogens is 1230 g/mol. The number of aryl methyl sites for hydroxylation is 1. The van der Waals surface area contributed by atoms with Crippen LogP contribution in [0.5, 0.6) is 0 Å². The van der Waals surface area contributed by atoms with Gasteiger partial charge in [0, 0.05) is 68.9 Å². The minimum absolute atomic E-state index is 0.0222. The lowest BCUT2D eigenvalue weighted by Gasteiger charge is -2.41. The molecule has 1 unspecified atom stereocenters. The summed E-state index contributed by atoms with van der Waals surface area (Å²) >= 11 is 13.5. The standard InChI is InChI=1S/C60H81Br2ClFN5O14/c1-33(2)42(27-41(70)16-11-10-15-36(5)80-56(75)40(31-61)32-62)55(74)67-45(17-13-21-66-57(65)76)47(71)26-38-19-20-44(43(64)24-38)68-58(77)82-50-28-51(72)69(8)46-25-39(23-35(4)53(46)63)22-34(3)14-12-18-49(79-9)60(78)29-48(81-52(73)30-60)37(6)54-59(50,7)83-54/h12,14,18-20,23-25,33,36-37,40,42,45,48-50,54,78H,10-11,13,15-17,21-22,26-32H2,1-9H3,(H,67,74)(H,68,77)(H3,65,66,76)/b18-12+,34-14+/t36?,37-,42+,45+,48+,49-,50+,54+,59+,60-/m1/s1. The lowest BCUT2D eigenvalue weighted by Crippen LogP contribution is -2.53. The van der Waals surface area contributed by atoms with E-state index in [0.29, 0.717) is 52.6 Å². The predicted molar refractivity (Wildman–Crippen MR) is 319 cm³/mol. The lowest BCUT2D eigenvalue weighted by molar-refractivity contribution is -0.187. The van der Waals surface area contributed by atoms with Gasteiger partial charge in [0.2, 0.25) is 11.8 Å². The fraction of sp³-hybridized carbons (Fsp3) is 0.600. The molecule has 3 aliphatic heterocycles. The van der Waals surface area contributed by atoms with Gasteiger partial charge in [0.25, 0.3) is 0 Å². The number of ether oxygens (including phenoxy) is 5. The average Bonchev–Trinajstić information content (AvgIpc) is 2.29. The van der Waals surface area contributed by atoms with Gasteiger partial charge < -0.3 is 50.1 Å². The number of fused-ring (bicyclic) bond motifs is 5. The normalized spacial score (nSPS) is 24.9. The lowest BCUT2D eigenvalue weighted by atomic mass is 9.78. The number of primary amides is 1. The second-order valence-corrected chi connectivity index (χ2v) is 24.5. The summed E-state index contributed by atoms with van der Waals surface area (Å²) in [7, 11) is 2.99. The van der Waals surface area contributed by atoms with Crippen LogP contribution in [0, 0.1) is 36.4 Å². The van der Waals surface area contributed by atoms with Crippen LogP contribution in [0.25, 0.3) is 0 Å². The van der Waals surface area contributed by atoms with Crippen molar-refractivity contribution in [1.29, 1.82) is 0 Å². The first-order valence-electron chi connectivity index (χ1n) is 28.1. The predicted octanol–water partition coefficient (Wildman–Crippen LogP) is 9.24. The maximum absolute atomic E-state index is 16.1. The second kappa shape index (κ2) is 31.2. The highest BCUT2D eigenvalue weighted by atomic mass is 79.9. The number of nitrogens with one attached hydrogen (secondary N) is 3. The molecule has 0 saturated carbocycles. The van der Waals surface area contributed by atoms with E-state index in [1.54, 1.807) is 59.9 Å². The first-order chi connectivity index (χ1) is 39.1. The van der Waals surface area contributed by atoms with Crippen molar-refractivity contribution in [2.24, 2.45) is 29.4 Å². The van der Waals surface area contributed by atoms with Crippen molar-refractivity contribution in [3.63, 3.8) is 0 Å². The molecule has 3 heterocycles. The zero-order chi connectivity index (χ0) is 61.5. The Labute approximate surface area is 507 Å². The van der Waals surface area contributed by atoms with Crippen molar-refractivity contribution in [3.05, 3.63) is 81.7 Å². The van der Waals surface area contributed by atoms with E-state index >= 15 is 4.39 Å². The number of nitrogens with two attached hydrogens (primary N) is 1. The highest BCUT2D eigenvalue weighted by molar-refractivity contribution is 9.09. The average molecular weight is 1310 g/mol. The molecule has 0 aromatic heterocycles. The SMILES string of the molecule is CO[C@@H]1/C=C/C=C(\C)Cc2cc(C)c(Cl)c(c2)N(C)C(=O)C[C@H](OC(=O)Nc2ccc(CC(=O)[C@H](CCCNC(N)=O)NC(=O)[C@@H](CC(=O)CCCCC(C)OC(=O)C(CBr)CBr)C(C)C)cc2F)[C@]2(C)O[C@H]2[C@H](C)[C@@H]2C[C@@]1(O)CC(=O)O2. The van der Waals surface area contributed by atoms with Crippen molar-refractivity contribution in [3.8, 4) is 0 Å². The summed E-state index contributed by atoms with van der Waals surface area (Å²) in [5.41, 5.74) is 5.01. The fourth-order valence-electron chi connectivity index (χ4n) is 10.6. The number of amides is 5. The van der Waals surface area contributed by atoms with Crippen LogP contribution in [-0.2, 0) is 65.3 Å². The number of alkyl halides is 2. The number of hydrogen-bond donors (Lipinski definition) is 5. The Balaban J connectivity index is 1.31. The highest BCUT2D eigenvalue weighted by Gasteiger charge is 2.64. The molecule has 3 aliphatic rings. The number of hydrogen-bond acceptors (Lipinski definition) is 14. The monoisotopic (exact) mass is 1310 g/mol. The van der Waals surface area contributed by atoms with Crippen LogP contribution in [-0.4, -0.2) is 132 Å². The number of urea groups is 1. The van der Waals surface area contributed by atoms with Crippen LogP contribution < -0.4 is 26.6 Å². The number of halogens is 4. The van der Waals surface area contributed by atoms with E-state index in [2.05, 4.69) is 47.8 Å². The van der Waals surface area contributed by atoms with Crippen LogP contribution in [0.15, 0.2) is 54.1 Å². The maximum Gasteiger partial charge on any atom is 0.412 e. The molecule has 2 aromatic carbocycles. The first-order valence-corrected chi connectivity index (χ1v) is 30.7. The third kappa shape index (κ3) is 19.4. The van der Waals surface area contributed by atoms with Gasteiger partial charge >= 0.3 is 24.1 Å². The van der Waals surface area contributed by atoms with Crippen molar-refractivity contribution in [2.75, 3.05) is 41.6 Å². The van der Waals surface area contributed by atoms with E-state index in [1.165, 1.54) is 24.1 Å². The van der Waals surface area contributed by atoms with Gasteiger partial charge in [-0.05, 0) is 107 Å². The molecule has 0 radical (unpaired) electrons. The second-order valence-electron chi connectivity index (χ2n) is 22.8. The van der Waals surface area contributed by atoms with Crippen molar-refractivity contribution >= 4 is 102 Å². The van der Waals surface area contributed by atoms with Crippen molar-refractivity contribution in [1.82, 2.24) is 10.6 Å². The van der Waals surface area contributed by atoms with E-state index in [0.717, 1.165) is 17.2 Å². The third-order valence-electron chi connectivity index (χ3n) is 15.7. The van der Waals surface area contributed by atoms with E-state index in [-0.39, 0.29) is 92.4 Å². The van der Waals surface area contributed by atoms with Crippen LogP contribution in [0.4, 0.5) is 25.4 Å². The summed E-state index contributed by atoms with van der Waals surface area (Å²) in [6.07, 6.45) is 1.45. The van der Waals surface area contributed by atoms with E-state index in [9.17, 15) is 43.5 Å². The number of carbonyl (C=O) groups is 8. The van der Waals surface area contributed by atoms with Gasteiger partial charge in [-0.25, -0.2) is 14.0 Å². The van der Waals surface area contributed by atoms with Gasteiger partial charge in [-0.1, -0.05) is 100 Å². The van der Waals surface area contributed by atoms with Gasteiger partial charge in [-0.2, -0.15) is 0 Å². The first kappa shape index (κ1) is 68.5. The number of carbonyl (C=O) groups excluding carboxylic acids is 8. The molecule has 2 fully saturated rings. The summed E-state index contributed by atoms with van der Waals surface area (Å²) in [5.74, 6) is -5.54. The van der Waals surface area contributed by atoms with Crippen molar-refractivity contribution < 1.29 is 71.5 Å². The molecule has 458 valence electrons. The third-order valence-corrected chi connectivity index (χ3v) is 17.8. The number of Topliss-reactive ketones (excluding diaryl/α,β-unsaturated/α-hetero) is 2. The smallest absolute Gasteiger partial charge is 0.412 e. The molecule has 83 heavy (non-hydrogen) atoms. The molecule has 5 rings (SSSR count). The molecule has 4 bridgehead atoms. The van der Waals surface area contributed by atoms with Crippen LogP contribution in [0.3, 0.4) is 0 Å². The number of methoxy groups -OCH3 is 1. The largest absolute Gasteiger partial charge is 0.462 e. The number of unbranched alkanes of at least 4 members (excludes halogenated alkanes) is 1. The molecule has 5 amide bonds. The Bertz CT molecular complexity index is 2750. The summed E-state index contributed by atoms with van der Waals surface area (Å²) in [6, 6.07) is 5.55. The zero-order valence-corrected chi connectivity index (χ0v) is 52.7. The molecule has 10 atom stereocenters. The minimum Gasteiger partial charge on any atom is -0.462 e. The van der Waals surface area contributed by atoms with Crippen LogP contribution in [0.1, 0.15) is 122 Å². The number of aliphatic hydroxyl groups is 1. The quantitative estimate of drug-likeness (QED) is 0.0216. The number of esters is 2. The van der Waals surface area contributed by atoms with Gasteiger partial charge in [0.05, 0.1) is 53.4 Å². The Kier molecular flexibility index (Phi) is 25.8. The van der Waals surface area contributed by atoms with Gasteiger partial charge in [-0.15, -0.1) is 0 Å². The molecule has 2 aromatic rings. The molecule has 23 heteroatoms.